The van der Waals surface area contributed by atoms with Crippen molar-refractivity contribution in [2.45, 2.75) is 45.2 Å². The lowest BCUT2D eigenvalue weighted by Crippen LogP contribution is -2.36. The van der Waals surface area contributed by atoms with Crippen LogP contribution in [0.3, 0.4) is 0 Å². The Balaban J connectivity index is 2.16. The van der Waals surface area contributed by atoms with Gasteiger partial charge in [0, 0.05) is 25.0 Å². The van der Waals surface area contributed by atoms with Gasteiger partial charge in [0.05, 0.1) is 5.92 Å². The zero-order chi connectivity index (χ0) is 13.5. The molecule has 102 valence electrons. The minimum atomic E-state index is -0.141. The number of carbonyl (C=O) groups excluding carboxylic acids is 2. The highest BCUT2D eigenvalue weighted by Gasteiger charge is 2.22. The van der Waals surface area contributed by atoms with Crippen LogP contribution in [0.4, 0.5) is 0 Å². The molecule has 0 radical (unpaired) electrons. The number of carbonyl (C=O) groups is 2. The molecule has 1 aliphatic rings. The maximum absolute atomic E-state index is 11.7. The van der Waals surface area contributed by atoms with E-state index in [1.165, 1.54) is 0 Å². The average Bonchev–Trinajstić information content (AvgIpc) is 2.75. The fourth-order valence-electron chi connectivity index (χ4n) is 1.80. The molecule has 4 N–H and O–H groups in total. The van der Waals surface area contributed by atoms with Crippen LogP contribution < -0.4 is 16.4 Å². The van der Waals surface area contributed by atoms with Gasteiger partial charge in [-0.25, -0.2) is 0 Å². The lowest BCUT2D eigenvalue weighted by Gasteiger charge is -2.13. The molecule has 3 atom stereocenters. The summed E-state index contributed by atoms with van der Waals surface area (Å²) in [5.41, 5.74) is 5.68. The van der Waals surface area contributed by atoms with Gasteiger partial charge in [0.1, 0.15) is 0 Å². The van der Waals surface area contributed by atoms with Crippen LogP contribution in [0.25, 0.3) is 0 Å². The molecule has 5 heteroatoms. The van der Waals surface area contributed by atoms with Gasteiger partial charge in [0.15, 0.2) is 0 Å². The Bertz CT molecular complexity index is 328. The Hall–Kier alpha value is -1.36. The van der Waals surface area contributed by atoms with Crippen molar-refractivity contribution in [3.05, 3.63) is 12.2 Å². The maximum atomic E-state index is 11.7. The Morgan fingerprint density at radius 1 is 1.44 bits per heavy atom. The minimum absolute atomic E-state index is 0.0190. The molecular formula is C13H23N3O2. The molecule has 18 heavy (non-hydrogen) atoms. The summed E-state index contributed by atoms with van der Waals surface area (Å²) in [6.45, 7) is 4.35. The van der Waals surface area contributed by atoms with Gasteiger partial charge < -0.3 is 16.4 Å². The number of nitrogens with one attached hydrogen (secondary N) is 2. The van der Waals surface area contributed by atoms with E-state index >= 15 is 0 Å². The Morgan fingerprint density at radius 2 is 2.17 bits per heavy atom. The monoisotopic (exact) mass is 253 g/mol. The molecule has 0 aliphatic heterocycles. The molecule has 0 spiro atoms. The van der Waals surface area contributed by atoms with Crippen LogP contribution in [0.1, 0.15) is 33.1 Å². The van der Waals surface area contributed by atoms with Gasteiger partial charge in [-0.05, 0) is 19.8 Å². The zero-order valence-corrected chi connectivity index (χ0v) is 11.1. The summed E-state index contributed by atoms with van der Waals surface area (Å²) in [7, 11) is 0. The predicted molar refractivity (Wildman–Crippen MR) is 70.7 cm³/mol. The highest BCUT2D eigenvalue weighted by molar-refractivity contribution is 5.82. The first kappa shape index (κ1) is 14.7. The van der Waals surface area contributed by atoms with Crippen LogP contribution in [-0.2, 0) is 9.59 Å². The topological polar surface area (TPSA) is 84.2 Å². The van der Waals surface area contributed by atoms with Crippen LogP contribution >= 0.6 is 0 Å². The van der Waals surface area contributed by atoms with E-state index in [1.807, 2.05) is 26.0 Å². The van der Waals surface area contributed by atoms with E-state index in [1.54, 1.807) is 0 Å². The van der Waals surface area contributed by atoms with Gasteiger partial charge in [0.2, 0.25) is 11.8 Å². The van der Waals surface area contributed by atoms with Crippen molar-refractivity contribution in [3.8, 4) is 0 Å². The van der Waals surface area contributed by atoms with Crippen LogP contribution in [0.2, 0.25) is 0 Å². The van der Waals surface area contributed by atoms with E-state index in [9.17, 15) is 9.59 Å². The molecule has 1 rings (SSSR count). The molecule has 5 nitrogen and oxygen atoms in total. The summed E-state index contributed by atoms with van der Waals surface area (Å²) in [5.74, 6) is -0.212. The standard InChI is InChI=1S/C13H23N3O2/c1-3-9(2)16-12(17)6-7-15-13(18)10-4-5-11(14)8-10/h4-5,9-11H,3,6-8,14H2,1-2H3,(H,15,18)(H,16,17). The number of hydrogen-bond acceptors (Lipinski definition) is 3. The summed E-state index contributed by atoms with van der Waals surface area (Å²) >= 11 is 0. The Kier molecular flexibility index (Phi) is 5.85. The number of hydrogen-bond donors (Lipinski definition) is 3. The number of amides is 2. The van der Waals surface area contributed by atoms with E-state index < -0.39 is 0 Å². The molecule has 0 aromatic rings. The molecular weight excluding hydrogens is 230 g/mol. The van der Waals surface area contributed by atoms with Crippen molar-refractivity contribution in [2.75, 3.05) is 6.54 Å². The Labute approximate surface area is 108 Å². The van der Waals surface area contributed by atoms with Gasteiger partial charge in [-0.3, -0.25) is 9.59 Å². The fraction of sp³-hybridized carbons (Fsp3) is 0.692. The zero-order valence-electron chi connectivity index (χ0n) is 11.1. The Morgan fingerprint density at radius 3 is 2.72 bits per heavy atom. The minimum Gasteiger partial charge on any atom is -0.355 e. The molecule has 3 unspecified atom stereocenters. The van der Waals surface area contributed by atoms with E-state index in [0.717, 1.165) is 6.42 Å². The molecule has 1 aliphatic carbocycles. The van der Waals surface area contributed by atoms with Gasteiger partial charge in [-0.1, -0.05) is 19.1 Å². The van der Waals surface area contributed by atoms with E-state index in [-0.39, 0.29) is 29.8 Å². The van der Waals surface area contributed by atoms with Crippen molar-refractivity contribution < 1.29 is 9.59 Å². The largest absolute Gasteiger partial charge is 0.355 e. The quantitative estimate of drug-likeness (QED) is 0.596. The molecule has 0 heterocycles. The summed E-state index contributed by atoms with van der Waals surface area (Å²) < 4.78 is 0. The third-order valence-electron chi connectivity index (χ3n) is 3.12. The average molecular weight is 253 g/mol. The summed E-state index contributed by atoms with van der Waals surface area (Å²) in [6, 6.07) is 0.165. The van der Waals surface area contributed by atoms with Crippen molar-refractivity contribution in [2.24, 2.45) is 11.7 Å². The van der Waals surface area contributed by atoms with E-state index in [0.29, 0.717) is 19.4 Å². The second kappa shape index (κ2) is 7.16. The number of rotatable bonds is 6. The van der Waals surface area contributed by atoms with Crippen molar-refractivity contribution in [3.63, 3.8) is 0 Å². The van der Waals surface area contributed by atoms with Crippen LogP contribution in [0, 0.1) is 5.92 Å². The molecule has 0 saturated heterocycles. The first-order chi connectivity index (χ1) is 8.52. The van der Waals surface area contributed by atoms with Gasteiger partial charge in [0.25, 0.3) is 0 Å². The van der Waals surface area contributed by atoms with E-state index in [4.69, 9.17) is 5.73 Å². The van der Waals surface area contributed by atoms with Gasteiger partial charge in [-0.15, -0.1) is 0 Å². The first-order valence-electron chi connectivity index (χ1n) is 6.54. The maximum Gasteiger partial charge on any atom is 0.227 e. The highest BCUT2D eigenvalue weighted by atomic mass is 16.2. The van der Waals surface area contributed by atoms with Gasteiger partial charge in [-0.2, -0.15) is 0 Å². The predicted octanol–water partition coefficient (Wildman–Crippen LogP) is 0.311. The SMILES string of the molecule is CCC(C)NC(=O)CCNC(=O)C1C=CC(N)C1. The lowest BCUT2D eigenvalue weighted by atomic mass is 10.1. The first-order valence-corrected chi connectivity index (χ1v) is 6.54. The second-order valence-electron chi connectivity index (χ2n) is 4.81. The van der Waals surface area contributed by atoms with Crippen molar-refractivity contribution in [1.29, 1.82) is 0 Å². The third kappa shape index (κ3) is 4.87. The molecule has 0 aromatic heterocycles. The normalized spacial score (nSPS) is 23.7. The fourth-order valence-corrected chi connectivity index (χ4v) is 1.80. The van der Waals surface area contributed by atoms with Crippen LogP contribution in [0.5, 0.6) is 0 Å². The molecule has 0 fully saturated rings. The van der Waals surface area contributed by atoms with Crippen molar-refractivity contribution >= 4 is 11.8 Å². The summed E-state index contributed by atoms with van der Waals surface area (Å²) in [6.07, 6.45) is 5.56. The molecule has 0 aromatic carbocycles. The van der Waals surface area contributed by atoms with E-state index in [2.05, 4.69) is 10.6 Å². The van der Waals surface area contributed by atoms with Crippen LogP contribution in [-0.4, -0.2) is 30.4 Å². The molecule has 0 bridgehead atoms. The summed E-state index contributed by atoms with van der Waals surface area (Å²) in [5, 5.41) is 5.62. The number of nitrogens with two attached hydrogens (primary N) is 1. The lowest BCUT2D eigenvalue weighted by molar-refractivity contribution is -0.124. The molecule has 2 amide bonds. The third-order valence-corrected chi connectivity index (χ3v) is 3.12. The second-order valence-corrected chi connectivity index (χ2v) is 4.81. The highest BCUT2D eigenvalue weighted by Crippen LogP contribution is 2.15. The summed E-state index contributed by atoms with van der Waals surface area (Å²) in [4.78, 5) is 23.2. The van der Waals surface area contributed by atoms with Crippen molar-refractivity contribution in [1.82, 2.24) is 10.6 Å². The molecule has 0 saturated carbocycles. The van der Waals surface area contributed by atoms with Crippen LogP contribution in [0.15, 0.2) is 12.2 Å². The smallest absolute Gasteiger partial charge is 0.227 e. The van der Waals surface area contributed by atoms with Gasteiger partial charge >= 0.3 is 0 Å².